The maximum atomic E-state index is 14.7. The van der Waals surface area contributed by atoms with Crippen molar-refractivity contribution in [3.63, 3.8) is 0 Å². The van der Waals surface area contributed by atoms with Gasteiger partial charge in [0, 0.05) is 42.8 Å². The lowest BCUT2D eigenvalue weighted by molar-refractivity contribution is -0.137. The zero-order valence-corrected chi connectivity index (χ0v) is 27.9. The van der Waals surface area contributed by atoms with E-state index in [9.17, 15) is 31.9 Å². The molecule has 1 aliphatic rings. The molecule has 0 bridgehead atoms. The normalized spacial score (nSPS) is 16.3. The summed E-state index contributed by atoms with van der Waals surface area (Å²) in [6, 6.07) is 17.4. The molecule has 0 radical (unpaired) electrons. The van der Waals surface area contributed by atoms with Gasteiger partial charge in [0.15, 0.2) is 0 Å². The number of nitrogens with one attached hydrogen (secondary N) is 1. The number of anilines is 1. The first kappa shape index (κ1) is 36.0. The van der Waals surface area contributed by atoms with Crippen molar-refractivity contribution in [3.8, 4) is 5.69 Å². The fraction of sp³-hybridized carbons (Fsp3) is 0.297. The highest BCUT2D eigenvalue weighted by Crippen LogP contribution is 2.44. The first-order chi connectivity index (χ1) is 23.8. The molecule has 262 valence electrons. The molecule has 4 aromatic rings. The highest BCUT2D eigenvalue weighted by Gasteiger charge is 2.47. The molecule has 0 aliphatic carbocycles. The van der Waals surface area contributed by atoms with Gasteiger partial charge in [0.25, 0.3) is 11.8 Å². The maximum absolute atomic E-state index is 14.7. The molecule has 0 saturated carbocycles. The Balaban J connectivity index is 1.70. The Kier molecular flexibility index (Phi) is 10.9. The van der Waals surface area contributed by atoms with Crippen LogP contribution in [0.3, 0.4) is 0 Å². The summed E-state index contributed by atoms with van der Waals surface area (Å²) in [5.74, 6) is -2.90. The van der Waals surface area contributed by atoms with Crippen LogP contribution in [0.1, 0.15) is 52.5 Å². The largest absolute Gasteiger partial charge is 0.466 e. The van der Waals surface area contributed by atoms with Gasteiger partial charge >= 0.3 is 12.1 Å². The number of carbonyl (C=O) groups is 3. The second-order valence-corrected chi connectivity index (χ2v) is 12.5. The number of benzene rings is 3. The number of ether oxygens (including phenoxy) is 1. The van der Waals surface area contributed by atoms with E-state index in [1.165, 1.54) is 43.5 Å². The van der Waals surface area contributed by atoms with E-state index in [0.717, 1.165) is 18.2 Å². The minimum atomic E-state index is -4.68. The third-order valence-electron chi connectivity index (χ3n) is 8.21. The standard InChI is InChI=1S/C37H37F4N5O4/c1-23(2)21-45-35-32(29(22-44(3)19-9-14-30(47)50-4)43-46(35)28-12-6-5-7-13-28)31(24-15-17-27(38)18-16-24)33(36(45)49)42-34(48)25-10-8-11-26(20-25)37(39,40)41/h5-18,20,23,31,33H,19,21-22H2,1-4H3,(H,42,48)/b14-9+/t31-,33-/m0/s1. The molecule has 5 rings (SSSR count). The average Bonchev–Trinajstić information content (AvgIpc) is 3.45. The van der Waals surface area contributed by atoms with Crippen molar-refractivity contribution in [2.24, 2.45) is 5.92 Å². The third kappa shape index (κ3) is 7.94. The number of methoxy groups -OCH3 is 1. The second kappa shape index (κ2) is 15.1. The van der Waals surface area contributed by atoms with E-state index in [2.05, 4.69) is 10.1 Å². The van der Waals surface area contributed by atoms with Crippen molar-refractivity contribution in [1.82, 2.24) is 20.0 Å². The topological polar surface area (TPSA) is 96.8 Å². The van der Waals surface area contributed by atoms with Crippen molar-refractivity contribution in [2.45, 2.75) is 38.5 Å². The number of aromatic nitrogens is 2. The second-order valence-electron chi connectivity index (χ2n) is 12.5. The molecule has 0 saturated heterocycles. The number of hydrogen-bond donors (Lipinski definition) is 1. The molecule has 0 spiro atoms. The molecule has 13 heteroatoms. The van der Waals surface area contributed by atoms with E-state index in [-0.39, 0.29) is 24.6 Å². The molecular weight excluding hydrogens is 654 g/mol. The summed E-state index contributed by atoms with van der Waals surface area (Å²) in [6.07, 6.45) is -1.75. The highest BCUT2D eigenvalue weighted by atomic mass is 19.4. The zero-order chi connectivity index (χ0) is 36.2. The van der Waals surface area contributed by atoms with Crippen molar-refractivity contribution in [2.75, 3.05) is 32.1 Å². The highest BCUT2D eigenvalue weighted by molar-refractivity contribution is 6.05. The molecule has 2 atom stereocenters. The van der Waals surface area contributed by atoms with Gasteiger partial charge < -0.3 is 10.1 Å². The molecule has 50 heavy (non-hydrogen) atoms. The Hall–Kier alpha value is -5.30. The van der Waals surface area contributed by atoms with Crippen molar-refractivity contribution < 1.29 is 36.7 Å². The van der Waals surface area contributed by atoms with Gasteiger partial charge in [-0.25, -0.2) is 13.9 Å². The van der Waals surface area contributed by atoms with Gasteiger partial charge in [0.05, 0.1) is 24.1 Å². The van der Waals surface area contributed by atoms with Gasteiger partial charge in [0.2, 0.25) is 0 Å². The molecule has 3 aromatic carbocycles. The van der Waals surface area contributed by atoms with E-state index >= 15 is 0 Å². The molecule has 0 unspecified atom stereocenters. The Morgan fingerprint density at radius 2 is 1.74 bits per heavy atom. The zero-order valence-electron chi connectivity index (χ0n) is 27.9. The molecule has 1 aliphatic heterocycles. The fourth-order valence-electron chi connectivity index (χ4n) is 5.99. The maximum Gasteiger partial charge on any atom is 0.416 e. The van der Waals surface area contributed by atoms with E-state index < -0.39 is 47.3 Å². The van der Waals surface area contributed by atoms with Crippen LogP contribution in [0, 0.1) is 11.7 Å². The van der Waals surface area contributed by atoms with Gasteiger partial charge in [0.1, 0.15) is 17.7 Å². The van der Waals surface area contributed by atoms with Crippen LogP contribution in [0.5, 0.6) is 0 Å². The van der Waals surface area contributed by atoms with Gasteiger partial charge in [-0.15, -0.1) is 0 Å². The lowest BCUT2D eigenvalue weighted by atomic mass is 9.80. The average molecular weight is 692 g/mol. The Morgan fingerprint density at radius 3 is 2.38 bits per heavy atom. The van der Waals surface area contributed by atoms with Crippen LogP contribution in [0.4, 0.5) is 23.4 Å². The van der Waals surface area contributed by atoms with Crippen molar-refractivity contribution >= 4 is 23.6 Å². The number of fused-ring (bicyclic) bond motifs is 1. The molecule has 0 fully saturated rings. The number of carbonyl (C=O) groups excluding carboxylic acids is 3. The summed E-state index contributed by atoms with van der Waals surface area (Å²) in [7, 11) is 3.09. The number of para-hydroxylation sites is 1. The van der Waals surface area contributed by atoms with Crippen molar-refractivity contribution in [1.29, 1.82) is 0 Å². The van der Waals surface area contributed by atoms with Gasteiger partial charge in [-0.2, -0.15) is 18.3 Å². The molecule has 1 aromatic heterocycles. The lowest BCUT2D eigenvalue weighted by Crippen LogP contribution is -2.56. The minimum absolute atomic E-state index is 0.0392. The van der Waals surface area contributed by atoms with Crippen LogP contribution in [0.15, 0.2) is 91.0 Å². The van der Waals surface area contributed by atoms with Crippen LogP contribution in [-0.4, -0.2) is 65.8 Å². The molecular formula is C37H37F4N5O4. The van der Waals surface area contributed by atoms with E-state index in [0.29, 0.717) is 34.9 Å². The predicted octanol–water partition coefficient (Wildman–Crippen LogP) is 6.12. The minimum Gasteiger partial charge on any atom is -0.466 e. The van der Waals surface area contributed by atoms with Crippen LogP contribution in [-0.2, 0) is 27.0 Å². The number of likely N-dealkylation sites (N-methyl/N-ethyl adjacent to an activating group) is 1. The van der Waals surface area contributed by atoms with Crippen LogP contribution in [0.2, 0.25) is 0 Å². The number of rotatable bonds is 11. The van der Waals surface area contributed by atoms with E-state index in [4.69, 9.17) is 5.10 Å². The van der Waals surface area contributed by atoms with Gasteiger partial charge in [-0.05, 0) is 61.0 Å². The molecule has 9 nitrogen and oxygen atoms in total. The van der Waals surface area contributed by atoms with Crippen LogP contribution < -0.4 is 10.2 Å². The summed E-state index contributed by atoms with van der Waals surface area (Å²) < 4.78 is 61.3. The van der Waals surface area contributed by atoms with Crippen molar-refractivity contribution in [3.05, 3.63) is 125 Å². The molecule has 2 heterocycles. The first-order valence-electron chi connectivity index (χ1n) is 15.9. The Bertz CT molecular complexity index is 1870. The van der Waals surface area contributed by atoms with E-state index in [1.54, 1.807) is 15.7 Å². The monoisotopic (exact) mass is 691 g/mol. The van der Waals surface area contributed by atoms with Gasteiger partial charge in [-0.3, -0.25) is 19.4 Å². The number of nitrogens with zero attached hydrogens (tertiary/aromatic N) is 4. The smallest absolute Gasteiger partial charge is 0.416 e. The number of alkyl halides is 3. The summed E-state index contributed by atoms with van der Waals surface area (Å²) in [5.41, 5.74) is 0.986. The summed E-state index contributed by atoms with van der Waals surface area (Å²) in [6.45, 7) is 4.65. The third-order valence-corrected chi connectivity index (χ3v) is 8.21. The number of amides is 2. The number of esters is 1. The summed E-state index contributed by atoms with van der Waals surface area (Å²) in [5, 5.41) is 7.76. The summed E-state index contributed by atoms with van der Waals surface area (Å²) in [4.78, 5) is 43.5. The van der Waals surface area contributed by atoms with Crippen LogP contribution in [0.25, 0.3) is 5.69 Å². The Labute approximate surface area is 287 Å². The van der Waals surface area contributed by atoms with E-state index in [1.807, 2.05) is 56.1 Å². The SMILES string of the molecule is COC(=O)/C=C/CN(C)Cc1nn(-c2ccccc2)c2c1[C@H](c1ccc(F)cc1)[C@H](NC(=O)c1cccc(C(F)(F)F)c1)C(=O)N2CC(C)C. The first-order valence-corrected chi connectivity index (χ1v) is 15.9. The quantitative estimate of drug-likeness (QED) is 0.116. The lowest BCUT2D eigenvalue weighted by Gasteiger charge is -2.39. The number of halogens is 4. The fourth-order valence-corrected chi connectivity index (χ4v) is 5.99. The Morgan fingerprint density at radius 1 is 1.04 bits per heavy atom. The number of hydrogen-bond acceptors (Lipinski definition) is 6. The van der Waals surface area contributed by atoms with Gasteiger partial charge in [-0.1, -0.05) is 56.3 Å². The molecule has 2 amide bonds. The summed E-state index contributed by atoms with van der Waals surface area (Å²) >= 11 is 0. The predicted molar refractivity (Wildman–Crippen MR) is 179 cm³/mol. The molecule has 1 N–H and O–H groups in total. The van der Waals surface area contributed by atoms with Crippen LogP contribution >= 0.6 is 0 Å².